The third kappa shape index (κ3) is 7.72. The fraction of sp³-hybridized carbons (Fsp3) is 0.800. The van der Waals surface area contributed by atoms with Gasteiger partial charge >= 0.3 is 12.1 Å². The van der Waals surface area contributed by atoms with Crippen molar-refractivity contribution in [3.63, 3.8) is 0 Å². The van der Waals surface area contributed by atoms with Gasteiger partial charge in [-0.3, -0.25) is 0 Å². The number of carboxylic acid groups (broad SMARTS) is 1. The van der Waals surface area contributed by atoms with E-state index < -0.39 is 23.7 Å². The largest absolute Gasteiger partial charge is 0.480 e. The summed E-state index contributed by atoms with van der Waals surface area (Å²) in [6.45, 7) is 5.19. The molecule has 2 N–H and O–H groups in total. The van der Waals surface area contributed by atoms with Gasteiger partial charge in [-0.05, 0) is 38.0 Å². The van der Waals surface area contributed by atoms with E-state index in [0.29, 0.717) is 6.42 Å². The number of rotatable bonds is 5. The molecular weight excluding hydrogens is 325 g/mol. The van der Waals surface area contributed by atoms with Crippen LogP contribution in [-0.2, 0) is 9.53 Å². The Bertz CT molecular complexity index is 250. The maximum Gasteiger partial charge on any atom is 0.408 e. The molecule has 0 bridgehead atoms. The lowest BCUT2D eigenvalue weighted by Gasteiger charge is -2.21. The molecular formula is C10H18INO4. The third-order valence-electron chi connectivity index (χ3n) is 1.62. The molecule has 0 aliphatic rings. The van der Waals surface area contributed by atoms with Crippen LogP contribution in [0.4, 0.5) is 4.79 Å². The Morgan fingerprint density at radius 3 is 2.38 bits per heavy atom. The van der Waals surface area contributed by atoms with Gasteiger partial charge in [-0.25, -0.2) is 9.59 Å². The monoisotopic (exact) mass is 343 g/mol. The summed E-state index contributed by atoms with van der Waals surface area (Å²) in [5.74, 6) is -1.03. The van der Waals surface area contributed by atoms with Crippen LogP contribution in [0.1, 0.15) is 33.6 Å². The van der Waals surface area contributed by atoms with Crippen LogP contribution in [0.2, 0.25) is 0 Å². The summed E-state index contributed by atoms with van der Waals surface area (Å²) in [6.07, 6.45) is 0.471. The number of aliphatic carboxylic acids is 1. The summed E-state index contributed by atoms with van der Waals surface area (Å²) < 4.78 is 5.84. The van der Waals surface area contributed by atoms with E-state index in [2.05, 4.69) is 27.9 Å². The first-order valence-electron chi connectivity index (χ1n) is 5.04. The normalized spacial score (nSPS) is 13.0. The summed E-state index contributed by atoms with van der Waals surface area (Å²) in [4.78, 5) is 22.2. The van der Waals surface area contributed by atoms with Gasteiger partial charge in [0.05, 0.1) is 0 Å². The van der Waals surface area contributed by atoms with E-state index in [0.717, 1.165) is 10.8 Å². The maximum absolute atomic E-state index is 11.3. The summed E-state index contributed by atoms with van der Waals surface area (Å²) >= 11 is 2.16. The molecule has 1 atom stereocenters. The number of alkyl halides is 1. The van der Waals surface area contributed by atoms with Gasteiger partial charge in [-0.1, -0.05) is 22.6 Å². The van der Waals surface area contributed by atoms with Crippen molar-refractivity contribution in [3.05, 3.63) is 0 Å². The SMILES string of the molecule is CC(C)(C)OC(=O)N[C@H](CCCI)C(=O)O. The Morgan fingerprint density at radius 2 is 2.00 bits per heavy atom. The summed E-state index contributed by atoms with van der Waals surface area (Å²) in [6, 6.07) is -0.871. The summed E-state index contributed by atoms with van der Waals surface area (Å²) in [5.41, 5.74) is -0.615. The van der Waals surface area contributed by atoms with Crippen molar-refractivity contribution in [1.29, 1.82) is 0 Å². The molecule has 0 aromatic heterocycles. The van der Waals surface area contributed by atoms with Gasteiger partial charge in [-0.2, -0.15) is 0 Å². The topological polar surface area (TPSA) is 75.6 Å². The number of carbonyl (C=O) groups excluding carboxylic acids is 1. The first-order valence-corrected chi connectivity index (χ1v) is 6.57. The molecule has 94 valence electrons. The van der Waals surface area contributed by atoms with Crippen molar-refractivity contribution < 1.29 is 19.4 Å². The lowest BCUT2D eigenvalue weighted by molar-refractivity contribution is -0.139. The summed E-state index contributed by atoms with van der Waals surface area (Å²) in [5, 5.41) is 11.2. The maximum atomic E-state index is 11.3. The molecule has 0 aromatic carbocycles. The number of hydrogen-bond acceptors (Lipinski definition) is 3. The molecule has 0 fully saturated rings. The average molecular weight is 343 g/mol. The molecule has 0 aliphatic carbocycles. The molecule has 0 spiro atoms. The average Bonchev–Trinajstić information content (AvgIpc) is 2.08. The van der Waals surface area contributed by atoms with Gasteiger partial charge in [-0.15, -0.1) is 0 Å². The van der Waals surface area contributed by atoms with Crippen molar-refractivity contribution in [3.8, 4) is 0 Å². The Balaban J connectivity index is 4.19. The fourth-order valence-electron chi connectivity index (χ4n) is 0.988. The minimum Gasteiger partial charge on any atom is -0.480 e. The number of carbonyl (C=O) groups is 2. The van der Waals surface area contributed by atoms with E-state index in [1.54, 1.807) is 20.8 Å². The van der Waals surface area contributed by atoms with Crippen LogP contribution in [0, 0.1) is 0 Å². The minimum absolute atomic E-state index is 0.414. The van der Waals surface area contributed by atoms with Crippen LogP contribution in [0.15, 0.2) is 0 Å². The zero-order chi connectivity index (χ0) is 12.8. The molecule has 6 heteroatoms. The predicted octanol–water partition coefficient (Wildman–Crippen LogP) is 2.18. The molecule has 16 heavy (non-hydrogen) atoms. The molecule has 5 nitrogen and oxygen atoms in total. The van der Waals surface area contributed by atoms with E-state index in [4.69, 9.17) is 9.84 Å². The highest BCUT2D eigenvalue weighted by Crippen LogP contribution is 2.08. The molecule has 0 rings (SSSR count). The highest BCUT2D eigenvalue weighted by molar-refractivity contribution is 14.1. The fourth-order valence-corrected chi connectivity index (χ4v) is 1.43. The summed E-state index contributed by atoms with van der Waals surface area (Å²) in [7, 11) is 0. The Labute approximate surface area is 109 Å². The van der Waals surface area contributed by atoms with Gasteiger partial charge in [0, 0.05) is 0 Å². The quantitative estimate of drug-likeness (QED) is 0.593. The number of ether oxygens (including phenoxy) is 1. The van der Waals surface area contributed by atoms with Crippen molar-refractivity contribution in [2.24, 2.45) is 0 Å². The highest BCUT2D eigenvalue weighted by Gasteiger charge is 2.23. The molecule has 0 radical (unpaired) electrons. The first-order chi connectivity index (χ1) is 7.26. The molecule has 0 aliphatic heterocycles. The molecule has 1 amide bonds. The van der Waals surface area contributed by atoms with Crippen LogP contribution in [0.3, 0.4) is 0 Å². The number of hydrogen-bond donors (Lipinski definition) is 2. The number of carboxylic acids is 1. The zero-order valence-electron chi connectivity index (χ0n) is 9.75. The van der Waals surface area contributed by atoms with Crippen molar-refractivity contribution >= 4 is 34.7 Å². The zero-order valence-corrected chi connectivity index (χ0v) is 11.9. The van der Waals surface area contributed by atoms with E-state index in [-0.39, 0.29) is 0 Å². The molecule has 0 saturated carbocycles. The highest BCUT2D eigenvalue weighted by atomic mass is 127. The lowest BCUT2D eigenvalue weighted by atomic mass is 10.2. The second-order valence-electron chi connectivity index (χ2n) is 4.37. The van der Waals surface area contributed by atoms with Crippen LogP contribution in [0.25, 0.3) is 0 Å². The number of alkyl carbamates (subject to hydrolysis) is 1. The number of nitrogens with one attached hydrogen (secondary N) is 1. The number of amides is 1. The first kappa shape index (κ1) is 15.5. The smallest absolute Gasteiger partial charge is 0.408 e. The van der Waals surface area contributed by atoms with Gasteiger partial charge < -0.3 is 15.2 Å². The van der Waals surface area contributed by atoms with E-state index in [9.17, 15) is 9.59 Å². The van der Waals surface area contributed by atoms with Crippen LogP contribution < -0.4 is 5.32 Å². The predicted molar refractivity (Wildman–Crippen MR) is 68.9 cm³/mol. The third-order valence-corrected chi connectivity index (χ3v) is 2.38. The minimum atomic E-state index is -1.03. The Kier molecular flexibility index (Phi) is 6.70. The molecule has 0 aromatic rings. The van der Waals surface area contributed by atoms with E-state index in [1.165, 1.54) is 0 Å². The van der Waals surface area contributed by atoms with Crippen LogP contribution >= 0.6 is 22.6 Å². The van der Waals surface area contributed by atoms with Gasteiger partial charge in [0.1, 0.15) is 11.6 Å². The standard InChI is InChI=1S/C10H18INO4/c1-10(2,3)16-9(15)12-7(8(13)14)5-4-6-11/h7H,4-6H2,1-3H3,(H,12,15)(H,13,14)/t7-/m1/s1. The molecule has 0 unspecified atom stereocenters. The van der Waals surface area contributed by atoms with E-state index >= 15 is 0 Å². The second kappa shape index (κ2) is 6.93. The number of halogens is 1. The van der Waals surface area contributed by atoms with Crippen LogP contribution in [-0.4, -0.2) is 33.2 Å². The molecule has 0 heterocycles. The van der Waals surface area contributed by atoms with Gasteiger partial charge in [0.15, 0.2) is 0 Å². The van der Waals surface area contributed by atoms with Crippen molar-refractivity contribution in [2.75, 3.05) is 4.43 Å². The van der Waals surface area contributed by atoms with Crippen molar-refractivity contribution in [2.45, 2.75) is 45.3 Å². The van der Waals surface area contributed by atoms with Crippen molar-refractivity contribution in [1.82, 2.24) is 5.32 Å². The lowest BCUT2D eigenvalue weighted by Crippen LogP contribution is -2.43. The van der Waals surface area contributed by atoms with Crippen LogP contribution in [0.5, 0.6) is 0 Å². The van der Waals surface area contributed by atoms with Gasteiger partial charge in [0.25, 0.3) is 0 Å². The van der Waals surface area contributed by atoms with E-state index in [1.807, 2.05) is 0 Å². The Hall–Kier alpha value is -0.530. The van der Waals surface area contributed by atoms with Gasteiger partial charge in [0.2, 0.25) is 0 Å². The Morgan fingerprint density at radius 1 is 1.44 bits per heavy atom. The molecule has 0 saturated heterocycles. The second-order valence-corrected chi connectivity index (χ2v) is 5.45.